The average Bonchev–Trinajstić information content (AvgIpc) is 2.80. The number of aliphatic hydroxyl groups excluding tert-OH is 3. The van der Waals surface area contributed by atoms with Crippen LogP contribution >= 0.6 is 11.6 Å². The zero-order chi connectivity index (χ0) is 22.8. The molecule has 2 aromatic carbocycles. The maximum atomic E-state index is 10.1. The SMILES string of the molecule is CCO/N=C(\C)c1ccc(Cc2cc(C3CC(O)CC(CO)O3)ccc2Cl)cc1.CO. The first-order chi connectivity index (χ1) is 15.0. The lowest BCUT2D eigenvalue weighted by molar-refractivity contribution is -0.113. The van der Waals surface area contributed by atoms with Gasteiger partial charge in [-0.2, -0.15) is 0 Å². The van der Waals surface area contributed by atoms with Gasteiger partial charge in [0.05, 0.1) is 30.6 Å². The molecule has 2 aromatic rings. The average molecular weight is 450 g/mol. The quantitative estimate of drug-likeness (QED) is 0.441. The first-order valence-electron chi connectivity index (χ1n) is 10.4. The predicted octanol–water partition coefficient (Wildman–Crippen LogP) is 3.87. The second kappa shape index (κ2) is 12.8. The number of ether oxygens (including phenoxy) is 1. The first kappa shape index (κ1) is 25.3. The molecule has 1 heterocycles. The van der Waals surface area contributed by atoms with Crippen molar-refractivity contribution in [2.24, 2.45) is 5.16 Å². The monoisotopic (exact) mass is 449 g/mol. The molecule has 31 heavy (non-hydrogen) atoms. The number of rotatable bonds is 7. The van der Waals surface area contributed by atoms with Gasteiger partial charge >= 0.3 is 0 Å². The summed E-state index contributed by atoms with van der Waals surface area (Å²) in [6.45, 7) is 4.28. The molecule has 0 amide bonds. The van der Waals surface area contributed by atoms with Gasteiger partial charge in [-0.25, -0.2) is 0 Å². The van der Waals surface area contributed by atoms with Crippen LogP contribution in [0.2, 0.25) is 5.02 Å². The summed E-state index contributed by atoms with van der Waals surface area (Å²) in [5.41, 5.74) is 4.96. The molecule has 0 bridgehead atoms. The van der Waals surface area contributed by atoms with E-state index in [0.717, 1.165) is 35.1 Å². The van der Waals surface area contributed by atoms with Gasteiger partial charge in [-0.1, -0.05) is 53.2 Å². The fraction of sp³-hybridized carbons (Fsp3) is 0.458. The Labute approximate surface area is 189 Å². The summed E-state index contributed by atoms with van der Waals surface area (Å²) in [6.07, 6.45) is 0.618. The molecule has 3 unspecified atom stereocenters. The van der Waals surface area contributed by atoms with E-state index in [0.29, 0.717) is 30.9 Å². The predicted molar refractivity (Wildman–Crippen MR) is 123 cm³/mol. The second-order valence-corrected chi connectivity index (χ2v) is 7.78. The van der Waals surface area contributed by atoms with E-state index in [2.05, 4.69) is 17.3 Å². The molecule has 7 heteroatoms. The number of oxime groups is 1. The van der Waals surface area contributed by atoms with Gasteiger partial charge in [0.1, 0.15) is 6.61 Å². The summed E-state index contributed by atoms with van der Waals surface area (Å²) in [5, 5.41) is 31.3. The first-order valence-corrected chi connectivity index (χ1v) is 10.8. The van der Waals surface area contributed by atoms with Crippen LogP contribution in [0, 0.1) is 0 Å². The zero-order valence-electron chi connectivity index (χ0n) is 18.3. The van der Waals surface area contributed by atoms with Crippen molar-refractivity contribution in [2.45, 2.75) is 51.4 Å². The van der Waals surface area contributed by atoms with Crippen molar-refractivity contribution < 1.29 is 24.9 Å². The molecular weight excluding hydrogens is 418 g/mol. The van der Waals surface area contributed by atoms with Crippen molar-refractivity contribution in [3.63, 3.8) is 0 Å². The third-order valence-electron chi connectivity index (χ3n) is 5.12. The van der Waals surface area contributed by atoms with Crippen LogP contribution in [0.5, 0.6) is 0 Å². The van der Waals surface area contributed by atoms with E-state index >= 15 is 0 Å². The van der Waals surface area contributed by atoms with E-state index in [9.17, 15) is 10.2 Å². The Balaban J connectivity index is 0.00000166. The maximum absolute atomic E-state index is 10.1. The van der Waals surface area contributed by atoms with Gasteiger partial charge in [-0.3, -0.25) is 0 Å². The standard InChI is InChI=1S/C23H28ClNO4.CH4O/c1-3-28-25-15(2)17-6-4-16(5-7-17)10-19-11-18(8-9-22(19)24)23-13-20(27)12-21(14-26)29-23;1-2/h4-9,11,20-21,23,26-27H,3,10,12-14H2,1-2H3;2H,1H3/b25-15+;. The molecule has 6 nitrogen and oxygen atoms in total. The third kappa shape index (κ3) is 7.30. The van der Waals surface area contributed by atoms with Crippen LogP contribution in [-0.2, 0) is 16.0 Å². The number of nitrogens with zero attached hydrogens (tertiary/aromatic N) is 1. The second-order valence-electron chi connectivity index (χ2n) is 7.37. The summed E-state index contributed by atoms with van der Waals surface area (Å²) in [6, 6.07) is 14.0. The Morgan fingerprint density at radius 2 is 1.87 bits per heavy atom. The molecule has 1 fully saturated rings. The summed E-state index contributed by atoms with van der Waals surface area (Å²) >= 11 is 6.44. The highest BCUT2D eigenvalue weighted by Gasteiger charge is 2.29. The number of hydrogen-bond acceptors (Lipinski definition) is 6. The van der Waals surface area contributed by atoms with E-state index in [1.807, 2.05) is 44.2 Å². The normalized spacial score (nSPS) is 21.3. The van der Waals surface area contributed by atoms with E-state index in [-0.39, 0.29) is 18.8 Å². The zero-order valence-corrected chi connectivity index (χ0v) is 19.0. The molecule has 0 spiro atoms. The van der Waals surface area contributed by atoms with Crippen molar-refractivity contribution in [1.82, 2.24) is 0 Å². The smallest absolute Gasteiger partial charge is 0.114 e. The van der Waals surface area contributed by atoms with Gasteiger partial charge in [0.25, 0.3) is 0 Å². The number of aliphatic hydroxyl groups is 3. The Hall–Kier alpha value is -1.96. The summed E-state index contributed by atoms with van der Waals surface area (Å²) < 4.78 is 5.93. The fourth-order valence-corrected chi connectivity index (χ4v) is 3.74. The number of halogens is 1. The third-order valence-corrected chi connectivity index (χ3v) is 5.49. The lowest BCUT2D eigenvalue weighted by Gasteiger charge is -2.32. The molecule has 1 aliphatic rings. The molecule has 0 saturated carbocycles. The van der Waals surface area contributed by atoms with Gasteiger partial charge in [0, 0.05) is 25.0 Å². The van der Waals surface area contributed by atoms with Gasteiger partial charge < -0.3 is 24.9 Å². The van der Waals surface area contributed by atoms with Crippen molar-refractivity contribution in [1.29, 1.82) is 0 Å². The lowest BCUT2D eigenvalue weighted by Crippen LogP contribution is -2.33. The van der Waals surface area contributed by atoms with Gasteiger partial charge in [0.15, 0.2) is 0 Å². The molecule has 0 radical (unpaired) electrons. The van der Waals surface area contributed by atoms with Crippen LogP contribution in [0.15, 0.2) is 47.6 Å². The highest BCUT2D eigenvalue weighted by Crippen LogP contribution is 2.33. The Kier molecular flexibility index (Phi) is 10.4. The van der Waals surface area contributed by atoms with Gasteiger partial charge in [0.2, 0.25) is 0 Å². The molecule has 3 atom stereocenters. The molecule has 170 valence electrons. The van der Waals surface area contributed by atoms with Crippen LogP contribution in [0.1, 0.15) is 55.0 Å². The Bertz CT molecular complexity index is 840. The fourth-order valence-electron chi connectivity index (χ4n) is 3.55. The van der Waals surface area contributed by atoms with E-state index in [1.165, 1.54) is 0 Å². The summed E-state index contributed by atoms with van der Waals surface area (Å²) in [4.78, 5) is 5.11. The minimum atomic E-state index is -0.473. The minimum Gasteiger partial charge on any atom is -0.400 e. The van der Waals surface area contributed by atoms with Crippen molar-refractivity contribution in [3.05, 3.63) is 69.7 Å². The molecule has 1 aliphatic heterocycles. The molecule has 1 saturated heterocycles. The lowest BCUT2D eigenvalue weighted by atomic mass is 9.94. The van der Waals surface area contributed by atoms with Gasteiger partial charge in [-0.05, 0) is 48.6 Å². The highest BCUT2D eigenvalue weighted by molar-refractivity contribution is 6.31. The van der Waals surface area contributed by atoms with Crippen LogP contribution in [0.25, 0.3) is 0 Å². The van der Waals surface area contributed by atoms with Crippen LogP contribution in [0.3, 0.4) is 0 Å². The van der Waals surface area contributed by atoms with Crippen LogP contribution in [0.4, 0.5) is 0 Å². The van der Waals surface area contributed by atoms with E-state index < -0.39 is 6.10 Å². The summed E-state index contributed by atoms with van der Waals surface area (Å²) in [7, 11) is 1.00. The van der Waals surface area contributed by atoms with E-state index in [1.54, 1.807) is 0 Å². The Morgan fingerprint density at radius 3 is 2.52 bits per heavy atom. The maximum Gasteiger partial charge on any atom is 0.114 e. The van der Waals surface area contributed by atoms with Crippen molar-refractivity contribution >= 4 is 17.3 Å². The van der Waals surface area contributed by atoms with Crippen LogP contribution in [-0.4, -0.2) is 53.6 Å². The molecule has 3 rings (SSSR count). The van der Waals surface area contributed by atoms with Crippen molar-refractivity contribution in [3.8, 4) is 0 Å². The largest absolute Gasteiger partial charge is 0.400 e. The minimum absolute atomic E-state index is 0.0909. The summed E-state index contributed by atoms with van der Waals surface area (Å²) in [5.74, 6) is 0. The van der Waals surface area contributed by atoms with Gasteiger partial charge in [-0.15, -0.1) is 0 Å². The topological polar surface area (TPSA) is 91.5 Å². The van der Waals surface area contributed by atoms with Crippen LogP contribution < -0.4 is 0 Å². The molecular formula is C24H32ClNO5. The Morgan fingerprint density at radius 1 is 1.16 bits per heavy atom. The highest BCUT2D eigenvalue weighted by atomic mass is 35.5. The molecule has 3 N–H and O–H groups in total. The van der Waals surface area contributed by atoms with E-state index in [4.69, 9.17) is 26.3 Å². The van der Waals surface area contributed by atoms with Crippen molar-refractivity contribution in [2.75, 3.05) is 20.3 Å². The number of hydrogen-bond donors (Lipinski definition) is 3. The molecule has 0 aliphatic carbocycles. The number of benzene rings is 2. The molecule has 0 aromatic heterocycles.